The van der Waals surface area contributed by atoms with Crippen LogP contribution in [0.3, 0.4) is 0 Å². The molecule has 0 radical (unpaired) electrons. The molecule has 0 fully saturated rings. The summed E-state index contributed by atoms with van der Waals surface area (Å²) in [5.74, 6) is 2.66. The molecule has 0 aliphatic rings. The third-order valence-electron chi connectivity index (χ3n) is 3.64. The van der Waals surface area contributed by atoms with Crippen LogP contribution >= 0.6 is 24.2 Å². The van der Waals surface area contributed by atoms with Crippen molar-refractivity contribution in [3.8, 4) is 0 Å². The summed E-state index contributed by atoms with van der Waals surface area (Å²) in [6.45, 7) is 1.98. The molecule has 2 heterocycles. The van der Waals surface area contributed by atoms with Gasteiger partial charge in [-0.2, -0.15) is 4.98 Å². The van der Waals surface area contributed by atoms with E-state index in [1.54, 1.807) is 0 Å². The van der Waals surface area contributed by atoms with Crippen LogP contribution in [0.4, 0.5) is 0 Å². The lowest BCUT2D eigenvalue weighted by Crippen LogP contribution is -2.18. The Morgan fingerprint density at radius 3 is 2.68 bits per heavy atom. The zero-order chi connectivity index (χ0) is 16.9. The first-order valence-corrected chi connectivity index (χ1v) is 8.79. The molecule has 134 valence electrons. The molecule has 0 saturated heterocycles. The Morgan fingerprint density at radius 1 is 1.24 bits per heavy atom. The molecule has 0 bridgehead atoms. The van der Waals surface area contributed by atoms with E-state index in [9.17, 15) is 0 Å². The van der Waals surface area contributed by atoms with Gasteiger partial charge in [0, 0.05) is 13.5 Å². The normalized spacial score (nSPS) is 12.0. The Labute approximate surface area is 156 Å². The fourth-order valence-electron chi connectivity index (χ4n) is 2.36. The van der Waals surface area contributed by atoms with E-state index in [4.69, 9.17) is 10.3 Å². The van der Waals surface area contributed by atoms with Crippen molar-refractivity contribution in [3.05, 3.63) is 53.4 Å². The van der Waals surface area contributed by atoms with E-state index in [0.29, 0.717) is 17.5 Å². The molecule has 3 aromatic rings. The van der Waals surface area contributed by atoms with Crippen LogP contribution in [-0.2, 0) is 25.6 Å². The number of rotatable bonds is 7. The Bertz CT molecular complexity index is 791. The lowest BCUT2D eigenvalue weighted by molar-refractivity contribution is 0.378. The number of aryl methyl sites for hydroxylation is 1. The van der Waals surface area contributed by atoms with E-state index in [1.807, 2.05) is 36.7 Å². The Morgan fingerprint density at radius 2 is 2.00 bits per heavy atom. The highest BCUT2D eigenvalue weighted by Gasteiger charge is 2.17. The molecule has 0 aliphatic heterocycles. The lowest BCUT2D eigenvalue weighted by Gasteiger charge is -2.11. The van der Waals surface area contributed by atoms with Crippen molar-refractivity contribution in [2.75, 3.05) is 0 Å². The number of aromatic nitrogens is 5. The Kier molecular flexibility index (Phi) is 6.98. The molecule has 0 amide bonds. The highest BCUT2D eigenvalue weighted by molar-refractivity contribution is 7.98. The monoisotopic (exact) mass is 380 g/mol. The SMILES string of the molecule is CCc1nc(CSc2nnc(C(N)Cc3ccccc3)n2C)no1.Cl. The number of hydrogen-bond donors (Lipinski definition) is 1. The van der Waals surface area contributed by atoms with Crippen LogP contribution in [0.25, 0.3) is 0 Å². The molecule has 3 rings (SSSR count). The maximum atomic E-state index is 6.30. The molecule has 7 nitrogen and oxygen atoms in total. The smallest absolute Gasteiger partial charge is 0.226 e. The van der Waals surface area contributed by atoms with E-state index >= 15 is 0 Å². The van der Waals surface area contributed by atoms with Gasteiger partial charge in [-0.25, -0.2) is 0 Å². The second-order valence-corrected chi connectivity index (χ2v) is 6.39. The Hall–Kier alpha value is -1.90. The molecule has 1 unspecified atom stereocenters. The molecule has 0 aliphatic carbocycles. The standard InChI is InChI=1S/C16H20N6OS.ClH/c1-3-14-18-13(21-23-14)10-24-16-20-19-15(22(16)2)12(17)9-11-7-5-4-6-8-11;/h4-8,12H,3,9-10,17H2,1-2H3;1H. The van der Waals surface area contributed by atoms with E-state index < -0.39 is 0 Å². The minimum absolute atomic E-state index is 0. The van der Waals surface area contributed by atoms with Crippen LogP contribution in [0.5, 0.6) is 0 Å². The number of hydrogen-bond acceptors (Lipinski definition) is 7. The largest absolute Gasteiger partial charge is 0.339 e. The third kappa shape index (κ3) is 4.81. The molecule has 9 heteroatoms. The zero-order valence-corrected chi connectivity index (χ0v) is 15.8. The van der Waals surface area contributed by atoms with Crippen molar-refractivity contribution >= 4 is 24.2 Å². The van der Waals surface area contributed by atoms with Gasteiger partial charge in [0.1, 0.15) is 0 Å². The highest BCUT2D eigenvalue weighted by Crippen LogP contribution is 2.22. The average Bonchev–Trinajstić information content (AvgIpc) is 3.20. The number of nitrogens with two attached hydrogens (primary N) is 1. The highest BCUT2D eigenvalue weighted by atomic mass is 35.5. The summed E-state index contributed by atoms with van der Waals surface area (Å²) in [5.41, 5.74) is 7.48. The second-order valence-electron chi connectivity index (χ2n) is 5.44. The molecule has 25 heavy (non-hydrogen) atoms. The predicted octanol–water partition coefficient (Wildman–Crippen LogP) is 2.72. The first-order valence-electron chi connectivity index (χ1n) is 7.80. The summed E-state index contributed by atoms with van der Waals surface area (Å²) in [5, 5.41) is 13.2. The van der Waals surface area contributed by atoms with Crippen molar-refractivity contribution < 1.29 is 4.52 Å². The molecular weight excluding hydrogens is 360 g/mol. The van der Waals surface area contributed by atoms with Gasteiger partial charge in [0.05, 0.1) is 11.8 Å². The summed E-state index contributed by atoms with van der Waals surface area (Å²) in [6, 6.07) is 9.94. The fraction of sp³-hybridized carbons (Fsp3) is 0.375. The van der Waals surface area contributed by atoms with Gasteiger partial charge in [-0.05, 0) is 12.0 Å². The fourth-order valence-corrected chi connectivity index (χ4v) is 3.12. The van der Waals surface area contributed by atoms with E-state index in [-0.39, 0.29) is 18.4 Å². The summed E-state index contributed by atoms with van der Waals surface area (Å²) < 4.78 is 7.03. The first-order chi connectivity index (χ1) is 11.7. The van der Waals surface area contributed by atoms with Crippen molar-refractivity contribution in [2.45, 2.75) is 36.7 Å². The van der Waals surface area contributed by atoms with Crippen LogP contribution < -0.4 is 5.73 Å². The van der Waals surface area contributed by atoms with Crippen molar-refractivity contribution in [3.63, 3.8) is 0 Å². The number of benzene rings is 1. The van der Waals surface area contributed by atoms with Gasteiger partial charge >= 0.3 is 0 Å². The van der Waals surface area contributed by atoms with Gasteiger partial charge < -0.3 is 14.8 Å². The van der Waals surface area contributed by atoms with E-state index in [2.05, 4.69) is 32.5 Å². The van der Waals surface area contributed by atoms with Gasteiger partial charge in [-0.1, -0.05) is 54.2 Å². The van der Waals surface area contributed by atoms with Crippen molar-refractivity contribution in [2.24, 2.45) is 12.8 Å². The van der Waals surface area contributed by atoms with Gasteiger partial charge in [-0.3, -0.25) is 0 Å². The summed E-state index contributed by atoms with van der Waals surface area (Å²) in [4.78, 5) is 4.29. The molecule has 2 N–H and O–H groups in total. The van der Waals surface area contributed by atoms with Crippen LogP contribution in [0.2, 0.25) is 0 Å². The maximum absolute atomic E-state index is 6.30. The maximum Gasteiger partial charge on any atom is 0.226 e. The third-order valence-corrected chi connectivity index (χ3v) is 4.66. The first kappa shape index (κ1) is 19.4. The average molecular weight is 381 g/mol. The molecule has 1 aromatic carbocycles. The van der Waals surface area contributed by atoms with Gasteiger partial charge in [0.15, 0.2) is 16.8 Å². The molecule has 0 spiro atoms. The summed E-state index contributed by atoms with van der Waals surface area (Å²) in [7, 11) is 1.93. The van der Waals surface area contributed by atoms with E-state index in [0.717, 1.165) is 23.8 Å². The Balaban J connectivity index is 0.00000225. The molecule has 2 aromatic heterocycles. The van der Waals surface area contributed by atoms with Crippen LogP contribution in [-0.4, -0.2) is 24.9 Å². The van der Waals surface area contributed by atoms with E-state index in [1.165, 1.54) is 17.3 Å². The minimum Gasteiger partial charge on any atom is -0.339 e. The lowest BCUT2D eigenvalue weighted by atomic mass is 10.1. The summed E-state index contributed by atoms with van der Waals surface area (Å²) in [6.07, 6.45) is 1.46. The number of nitrogens with zero attached hydrogens (tertiary/aromatic N) is 5. The zero-order valence-electron chi connectivity index (χ0n) is 14.1. The van der Waals surface area contributed by atoms with Crippen molar-refractivity contribution in [1.29, 1.82) is 0 Å². The second kappa shape index (κ2) is 8.98. The van der Waals surface area contributed by atoms with Crippen LogP contribution in [0.1, 0.15) is 36.1 Å². The molecule has 0 saturated carbocycles. The van der Waals surface area contributed by atoms with Gasteiger partial charge in [0.2, 0.25) is 5.89 Å². The minimum atomic E-state index is -0.198. The topological polar surface area (TPSA) is 95.7 Å². The molecule has 1 atom stereocenters. The van der Waals surface area contributed by atoms with Crippen LogP contribution in [0.15, 0.2) is 40.0 Å². The van der Waals surface area contributed by atoms with Crippen LogP contribution in [0, 0.1) is 0 Å². The summed E-state index contributed by atoms with van der Waals surface area (Å²) >= 11 is 1.52. The quantitative estimate of drug-likeness (QED) is 0.629. The molecular formula is C16H21ClN6OS. The number of thioether (sulfide) groups is 1. The number of halogens is 1. The van der Waals surface area contributed by atoms with Gasteiger partial charge in [-0.15, -0.1) is 22.6 Å². The van der Waals surface area contributed by atoms with Crippen molar-refractivity contribution in [1.82, 2.24) is 24.9 Å². The van der Waals surface area contributed by atoms with Gasteiger partial charge in [0.25, 0.3) is 0 Å². The predicted molar refractivity (Wildman–Crippen MR) is 98.6 cm³/mol.